The van der Waals surface area contributed by atoms with E-state index in [-0.39, 0.29) is 5.97 Å². The first-order valence-electron chi connectivity index (χ1n) is 9.10. The van der Waals surface area contributed by atoms with Crippen molar-refractivity contribution in [3.63, 3.8) is 0 Å². The topological polar surface area (TPSA) is 44.4 Å². The van der Waals surface area contributed by atoms with Crippen LogP contribution >= 0.6 is 0 Å². The molecule has 0 amide bonds. The number of hydrogen-bond acceptors (Lipinski definition) is 3. The van der Waals surface area contributed by atoms with Crippen molar-refractivity contribution in [3.8, 4) is 0 Å². The minimum atomic E-state index is -0.289. The Morgan fingerprint density at radius 3 is 2.52 bits per heavy atom. The summed E-state index contributed by atoms with van der Waals surface area (Å²) in [5.74, 6) is -0.289. The summed E-state index contributed by atoms with van der Waals surface area (Å²) in [6.45, 7) is 2.79. The highest BCUT2D eigenvalue weighted by molar-refractivity contribution is 5.99. The molecule has 0 atom stereocenters. The SMILES string of the molecule is CCOC(=O)c1c(Cc2ccoc2)c2ccccc2n1Cc1ccccc1. The minimum Gasteiger partial charge on any atom is -0.472 e. The van der Waals surface area contributed by atoms with E-state index in [4.69, 9.17) is 9.15 Å². The Bertz CT molecular complexity index is 1050. The lowest BCUT2D eigenvalue weighted by atomic mass is 10.0. The number of rotatable bonds is 6. The number of carbonyl (C=O) groups excluding carboxylic acids is 1. The van der Waals surface area contributed by atoms with Crippen molar-refractivity contribution in [3.05, 3.63) is 95.6 Å². The fourth-order valence-electron chi connectivity index (χ4n) is 3.51. The molecular formula is C23H21NO3. The number of furan rings is 1. The van der Waals surface area contributed by atoms with Crippen molar-refractivity contribution in [2.75, 3.05) is 6.61 Å². The van der Waals surface area contributed by atoms with Crippen molar-refractivity contribution in [2.45, 2.75) is 19.9 Å². The Labute approximate surface area is 158 Å². The molecule has 0 spiro atoms. The summed E-state index contributed by atoms with van der Waals surface area (Å²) < 4.78 is 12.7. The Morgan fingerprint density at radius 2 is 1.78 bits per heavy atom. The Hall–Kier alpha value is -3.27. The molecule has 0 aliphatic carbocycles. The summed E-state index contributed by atoms with van der Waals surface area (Å²) in [6, 6.07) is 20.2. The molecule has 0 aliphatic heterocycles. The molecule has 0 aliphatic rings. The Balaban J connectivity index is 1.91. The van der Waals surface area contributed by atoms with Crippen LogP contribution in [0, 0.1) is 0 Å². The normalized spacial score (nSPS) is 11.0. The monoisotopic (exact) mass is 359 g/mol. The molecule has 0 bridgehead atoms. The molecule has 0 saturated heterocycles. The van der Waals surface area contributed by atoms with Gasteiger partial charge in [0.2, 0.25) is 0 Å². The number of aromatic nitrogens is 1. The molecule has 0 radical (unpaired) electrons. The van der Waals surface area contributed by atoms with E-state index in [9.17, 15) is 4.79 Å². The molecule has 0 N–H and O–H groups in total. The second-order valence-corrected chi connectivity index (χ2v) is 6.44. The molecule has 0 fully saturated rings. The average molecular weight is 359 g/mol. The van der Waals surface area contributed by atoms with E-state index in [2.05, 4.69) is 28.8 Å². The van der Waals surface area contributed by atoms with Crippen molar-refractivity contribution >= 4 is 16.9 Å². The van der Waals surface area contributed by atoms with Gasteiger partial charge in [-0.25, -0.2) is 4.79 Å². The first-order chi connectivity index (χ1) is 13.3. The summed E-state index contributed by atoms with van der Waals surface area (Å²) in [4.78, 5) is 12.9. The number of benzene rings is 2. The number of hydrogen-bond donors (Lipinski definition) is 0. The van der Waals surface area contributed by atoms with Crippen LogP contribution in [0.15, 0.2) is 77.6 Å². The van der Waals surface area contributed by atoms with Gasteiger partial charge >= 0.3 is 5.97 Å². The van der Waals surface area contributed by atoms with Gasteiger partial charge in [-0.05, 0) is 35.7 Å². The van der Waals surface area contributed by atoms with E-state index in [0.29, 0.717) is 25.3 Å². The summed E-state index contributed by atoms with van der Waals surface area (Å²) in [6.07, 6.45) is 3.99. The highest BCUT2D eigenvalue weighted by atomic mass is 16.5. The summed E-state index contributed by atoms with van der Waals surface area (Å²) in [5.41, 5.74) is 4.79. The van der Waals surface area contributed by atoms with Gasteiger partial charge in [-0.15, -0.1) is 0 Å². The maximum atomic E-state index is 12.9. The Morgan fingerprint density at radius 1 is 1.00 bits per heavy atom. The largest absolute Gasteiger partial charge is 0.472 e. The quantitative estimate of drug-likeness (QED) is 0.453. The van der Waals surface area contributed by atoms with Crippen LogP contribution in [-0.4, -0.2) is 17.1 Å². The van der Waals surface area contributed by atoms with Crippen LogP contribution in [0.25, 0.3) is 10.9 Å². The number of fused-ring (bicyclic) bond motifs is 1. The fraction of sp³-hybridized carbons (Fsp3) is 0.174. The van der Waals surface area contributed by atoms with Crippen LogP contribution in [-0.2, 0) is 17.7 Å². The lowest BCUT2D eigenvalue weighted by Crippen LogP contribution is -2.15. The zero-order valence-electron chi connectivity index (χ0n) is 15.2. The third kappa shape index (κ3) is 3.38. The predicted molar refractivity (Wildman–Crippen MR) is 105 cm³/mol. The van der Waals surface area contributed by atoms with E-state index >= 15 is 0 Å². The van der Waals surface area contributed by atoms with Crippen LogP contribution in [0.5, 0.6) is 0 Å². The smallest absolute Gasteiger partial charge is 0.355 e. The van der Waals surface area contributed by atoms with Gasteiger partial charge in [0.1, 0.15) is 5.69 Å². The van der Waals surface area contributed by atoms with Gasteiger partial charge in [-0.1, -0.05) is 48.5 Å². The number of ether oxygens (including phenoxy) is 1. The lowest BCUT2D eigenvalue weighted by molar-refractivity contribution is 0.0514. The van der Waals surface area contributed by atoms with E-state index in [1.807, 2.05) is 43.3 Å². The van der Waals surface area contributed by atoms with Gasteiger partial charge in [-0.3, -0.25) is 0 Å². The van der Waals surface area contributed by atoms with E-state index in [1.54, 1.807) is 12.5 Å². The van der Waals surface area contributed by atoms with E-state index < -0.39 is 0 Å². The van der Waals surface area contributed by atoms with Gasteiger partial charge < -0.3 is 13.7 Å². The molecule has 2 heterocycles. The average Bonchev–Trinajstić information content (AvgIpc) is 3.30. The van der Waals surface area contributed by atoms with Crippen molar-refractivity contribution < 1.29 is 13.9 Å². The van der Waals surface area contributed by atoms with Crippen molar-refractivity contribution in [1.82, 2.24) is 4.57 Å². The second kappa shape index (κ2) is 7.54. The van der Waals surface area contributed by atoms with Crippen LogP contribution in [0.4, 0.5) is 0 Å². The zero-order chi connectivity index (χ0) is 18.6. The van der Waals surface area contributed by atoms with Gasteiger partial charge in [-0.2, -0.15) is 0 Å². The predicted octanol–water partition coefficient (Wildman–Crippen LogP) is 5.05. The Kier molecular flexibility index (Phi) is 4.79. The maximum absolute atomic E-state index is 12.9. The molecule has 0 unspecified atom stereocenters. The molecule has 2 aromatic carbocycles. The fourth-order valence-corrected chi connectivity index (χ4v) is 3.51. The number of carbonyl (C=O) groups is 1. The van der Waals surface area contributed by atoms with Gasteiger partial charge in [0.15, 0.2) is 0 Å². The molecule has 136 valence electrons. The van der Waals surface area contributed by atoms with Crippen LogP contribution < -0.4 is 0 Å². The molecular weight excluding hydrogens is 338 g/mol. The van der Waals surface area contributed by atoms with Crippen molar-refractivity contribution in [2.24, 2.45) is 0 Å². The van der Waals surface area contributed by atoms with Gasteiger partial charge in [0.25, 0.3) is 0 Å². The molecule has 2 aromatic heterocycles. The van der Waals surface area contributed by atoms with E-state index in [1.165, 1.54) is 0 Å². The molecule has 4 nitrogen and oxygen atoms in total. The van der Waals surface area contributed by atoms with Crippen LogP contribution in [0.3, 0.4) is 0 Å². The molecule has 4 rings (SSSR count). The van der Waals surface area contributed by atoms with Crippen LogP contribution in [0.2, 0.25) is 0 Å². The highest BCUT2D eigenvalue weighted by Gasteiger charge is 2.24. The minimum absolute atomic E-state index is 0.289. The third-order valence-corrected chi connectivity index (χ3v) is 4.69. The van der Waals surface area contributed by atoms with Gasteiger partial charge in [0, 0.05) is 23.9 Å². The molecule has 27 heavy (non-hydrogen) atoms. The molecule has 4 heteroatoms. The van der Waals surface area contributed by atoms with E-state index in [0.717, 1.165) is 27.6 Å². The summed E-state index contributed by atoms with van der Waals surface area (Å²) in [7, 11) is 0. The van der Waals surface area contributed by atoms with Crippen LogP contribution in [0.1, 0.15) is 34.1 Å². The number of nitrogens with zero attached hydrogens (tertiary/aromatic N) is 1. The molecule has 0 saturated carbocycles. The summed E-state index contributed by atoms with van der Waals surface area (Å²) in [5, 5.41) is 1.07. The van der Waals surface area contributed by atoms with Gasteiger partial charge in [0.05, 0.1) is 19.1 Å². The first-order valence-corrected chi connectivity index (χ1v) is 9.10. The molecule has 4 aromatic rings. The standard InChI is InChI=1S/C23H21NO3/c1-2-27-23(25)22-20(14-18-12-13-26-16-18)19-10-6-7-11-21(19)24(22)15-17-8-4-3-5-9-17/h3-13,16H,2,14-15H2,1H3. The van der Waals surface area contributed by atoms with Crippen molar-refractivity contribution in [1.29, 1.82) is 0 Å². The highest BCUT2D eigenvalue weighted by Crippen LogP contribution is 2.30. The lowest BCUT2D eigenvalue weighted by Gasteiger charge is -2.11. The number of esters is 1. The number of para-hydroxylation sites is 1. The first kappa shape index (κ1) is 17.2. The zero-order valence-corrected chi connectivity index (χ0v) is 15.2. The summed E-state index contributed by atoms with van der Waals surface area (Å²) >= 11 is 0. The second-order valence-electron chi connectivity index (χ2n) is 6.44. The third-order valence-electron chi connectivity index (χ3n) is 4.69. The maximum Gasteiger partial charge on any atom is 0.355 e.